The van der Waals surface area contributed by atoms with E-state index in [9.17, 15) is 13.2 Å². The summed E-state index contributed by atoms with van der Waals surface area (Å²) in [5, 5.41) is 3.48. The molecule has 30 heavy (non-hydrogen) atoms. The highest BCUT2D eigenvalue weighted by atomic mass is 35.5. The fraction of sp³-hybridized carbons (Fsp3) is 0.381. The molecule has 1 saturated heterocycles. The molecule has 2 aromatic rings. The molecule has 2 aromatic carbocycles. The monoisotopic (exact) mass is 470 g/mol. The van der Waals surface area contributed by atoms with Crippen molar-refractivity contribution in [2.45, 2.75) is 37.3 Å². The molecule has 6 nitrogen and oxygen atoms in total. The van der Waals surface area contributed by atoms with Gasteiger partial charge in [0.25, 0.3) is 0 Å². The van der Waals surface area contributed by atoms with Gasteiger partial charge in [-0.25, -0.2) is 8.42 Å². The first kappa shape index (κ1) is 23.0. The minimum atomic E-state index is -3.91. The second-order valence-corrected chi connectivity index (χ2v) is 10.0. The van der Waals surface area contributed by atoms with Crippen molar-refractivity contribution in [3.05, 3.63) is 63.6 Å². The zero-order chi connectivity index (χ0) is 21.7. The van der Waals surface area contributed by atoms with Crippen molar-refractivity contribution in [2.75, 3.05) is 19.7 Å². The largest absolute Gasteiger partial charge is 0.376 e. The van der Waals surface area contributed by atoms with E-state index in [1.54, 1.807) is 30.3 Å². The first-order valence-electron chi connectivity index (χ1n) is 9.65. The number of benzene rings is 2. The molecule has 0 aliphatic carbocycles. The molecule has 1 fully saturated rings. The van der Waals surface area contributed by atoms with Crippen molar-refractivity contribution in [3.8, 4) is 0 Å². The maximum Gasteiger partial charge on any atom is 0.243 e. The van der Waals surface area contributed by atoms with Gasteiger partial charge in [0.2, 0.25) is 15.9 Å². The van der Waals surface area contributed by atoms with Gasteiger partial charge in [0.05, 0.1) is 27.6 Å². The number of hydrogen-bond acceptors (Lipinski definition) is 4. The van der Waals surface area contributed by atoms with Gasteiger partial charge in [0.1, 0.15) is 0 Å². The number of hydrogen-bond donors (Lipinski definition) is 1. The first-order chi connectivity index (χ1) is 14.3. The lowest BCUT2D eigenvalue weighted by Crippen LogP contribution is -2.42. The fourth-order valence-corrected chi connectivity index (χ4v) is 4.88. The normalized spacial score (nSPS) is 16.7. The SMILES string of the molecule is Cc1ccc(S(=O)(=O)N(CC(=O)NCC2CCCO2)Cc2ccc(Cl)c(Cl)c2)cc1. The molecule has 0 saturated carbocycles. The molecule has 1 heterocycles. The molecule has 1 aliphatic rings. The summed E-state index contributed by atoms with van der Waals surface area (Å²) >= 11 is 12.0. The Labute approximate surface area is 187 Å². The molecule has 1 aliphatic heterocycles. The number of amides is 1. The molecule has 0 aromatic heterocycles. The predicted molar refractivity (Wildman–Crippen MR) is 117 cm³/mol. The van der Waals surface area contributed by atoms with Crippen LogP contribution in [0, 0.1) is 6.92 Å². The molecular formula is C21H24Cl2N2O4S. The van der Waals surface area contributed by atoms with E-state index >= 15 is 0 Å². The Bertz CT molecular complexity index is 991. The number of sulfonamides is 1. The number of nitrogens with zero attached hydrogens (tertiary/aromatic N) is 1. The van der Waals surface area contributed by atoms with Gasteiger partial charge in [-0.1, -0.05) is 47.0 Å². The number of aryl methyl sites for hydroxylation is 1. The van der Waals surface area contributed by atoms with E-state index in [0.717, 1.165) is 22.7 Å². The third-order valence-corrected chi connectivity index (χ3v) is 7.42. The topological polar surface area (TPSA) is 75.7 Å². The van der Waals surface area contributed by atoms with Gasteiger partial charge in [0.15, 0.2) is 0 Å². The summed E-state index contributed by atoms with van der Waals surface area (Å²) in [6, 6.07) is 11.4. The fourth-order valence-electron chi connectivity index (χ4n) is 3.18. The summed E-state index contributed by atoms with van der Waals surface area (Å²) in [5.74, 6) is -0.388. The number of halogens is 2. The molecule has 0 bridgehead atoms. The Morgan fingerprint density at radius 1 is 1.17 bits per heavy atom. The van der Waals surface area contributed by atoms with Gasteiger partial charge in [-0.3, -0.25) is 4.79 Å². The van der Waals surface area contributed by atoms with Crippen LogP contribution in [0.4, 0.5) is 0 Å². The lowest BCUT2D eigenvalue weighted by molar-refractivity contribution is -0.121. The van der Waals surface area contributed by atoms with E-state index in [4.69, 9.17) is 27.9 Å². The quantitative estimate of drug-likeness (QED) is 0.636. The van der Waals surface area contributed by atoms with Gasteiger partial charge in [-0.05, 0) is 49.6 Å². The van der Waals surface area contributed by atoms with Crippen LogP contribution in [0.25, 0.3) is 0 Å². The number of nitrogens with one attached hydrogen (secondary N) is 1. The van der Waals surface area contributed by atoms with E-state index in [0.29, 0.717) is 28.8 Å². The van der Waals surface area contributed by atoms with Gasteiger partial charge >= 0.3 is 0 Å². The predicted octanol–water partition coefficient (Wildman–Crippen LogP) is 3.79. The van der Waals surface area contributed by atoms with E-state index in [-0.39, 0.29) is 30.0 Å². The average Bonchev–Trinajstić information content (AvgIpc) is 3.23. The van der Waals surface area contributed by atoms with Crippen molar-refractivity contribution in [1.29, 1.82) is 0 Å². The van der Waals surface area contributed by atoms with Crippen LogP contribution < -0.4 is 5.32 Å². The molecule has 9 heteroatoms. The van der Waals surface area contributed by atoms with Crippen molar-refractivity contribution >= 4 is 39.1 Å². The summed E-state index contributed by atoms with van der Waals surface area (Å²) in [5.41, 5.74) is 1.58. The Kier molecular flexibility index (Phi) is 7.76. The van der Waals surface area contributed by atoms with Crippen LogP contribution in [0.5, 0.6) is 0 Å². The van der Waals surface area contributed by atoms with E-state index in [1.165, 1.54) is 12.1 Å². The van der Waals surface area contributed by atoms with Crippen LogP contribution in [-0.2, 0) is 26.1 Å². The van der Waals surface area contributed by atoms with Crippen LogP contribution in [0.15, 0.2) is 47.4 Å². The Balaban J connectivity index is 1.80. The highest BCUT2D eigenvalue weighted by molar-refractivity contribution is 7.89. The van der Waals surface area contributed by atoms with Gasteiger partial charge in [-0.15, -0.1) is 0 Å². The van der Waals surface area contributed by atoms with Crippen LogP contribution in [-0.4, -0.2) is 44.4 Å². The Morgan fingerprint density at radius 3 is 2.53 bits per heavy atom. The highest BCUT2D eigenvalue weighted by Crippen LogP contribution is 2.25. The van der Waals surface area contributed by atoms with Crippen LogP contribution in [0.1, 0.15) is 24.0 Å². The Morgan fingerprint density at radius 2 is 1.90 bits per heavy atom. The smallest absolute Gasteiger partial charge is 0.243 e. The van der Waals surface area contributed by atoms with Crippen molar-refractivity contribution < 1.29 is 17.9 Å². The van der Waals surface area contributed by atoms with Gasteiger partial charge in [-0.2, -0.15) is 4.31 Å². The van der Waals surface area contributed by atoms with Crippen molar-refractivity contribution in [2.24, 2.45) is 0 Å². The summed E-state index contributed by atoms with van der Waals surface area (Å²) in [6.45, 7) is 2.60. The molecule has 0 radical (unpaired) electrons. The highest BCUT2D eigenvalue weighted by Gasteiger charge is 2.27. The summed E-state index contributed by atoms with van der Waals surface area (Å²) in [6.07, 6.45) is 1.83. The number of carbonyl (C=O) groups is 1. The molecule has 162 valence electrons. The maximum absolute atomic E-state index is 13.3. The first-order valence-corrected chi connectivity index (χ1v) is 11.8. The van der Waals surface area contributed by atoms with Crippen molar-refractivity contribution in [3.63, 3.8) is 0 Å². The number of rotatable bonds is 8. The minimum Gasteiger partial charge on any atom is -0.376 e. The minimum absolute atomic E-state index is 0.0134. The molecule has 1 unspecified atom stereocenters. The number of ether oxygens (including phenoxy) is 1. The van der Waals surface area contributed by atoms with Crippen LogP contribution >= 0.6 is 23.2 Å². The van der Waals surface area contributed by atoms with Crippen LogP contribution in [0.3, 0.4) is 0 Å². The third-order valence-electron chi connectivity index (χ3n) is 4.87. The van der Waals surface area contributed by atoms with Gasteiger partial charge in [0, 0.05) is 19.7 Å². The Hall–Kier alpha value is -1.64. The zero-order valence-electron chi connectivity index (χ0n) is 16.6. The second-order valence-electron chi connectivity index (χ2n) is 7.27. The van der Waals surface area contributed by atoms with Gasteiger partial charge < -0.3 is 10.1 Å². The summed E-state index contributed by atoms with van der Waals surface area (Å²) in [7, 11) is -3.91. The molecule has 3 rings (SSSR count). The van der Waals surface area contributed by atoms with E-state index in [1.807, 2.05) is 6.92 Å². The van der Waals surface area contributed by atoms with E-state index < -0.39 is 10.0 Å². The average molecular weight is 471 g/mol. The molecular weight excluding hydrogens is 447 g/mol. The molecule has 1 atom stereocenters. The summed E-state index contributed by atoms with van der Waals surface area (Å²) < 4.78 is 33.2. The van der Waals surface area contributed by atoms with Crippen molar-refractivity contribution in [1.82, 2.24) is 9.62 Å². The second kappa shape index (κ2) is 10.1. The lowest BCUT2D eigenvalue weighted by Gasteiger charge is -2.23. The number of carbonyl (C=O) groups excluding carboxylic acids is 1. The molecule has 0 spiro atoms. The zero-order valence-corrected chi connectivity index (χ0v) is 18.9. The third kappa shape index (κ3) is 5.95. The van der Waals surface area contributed by atoms with E-state index in [2.05, 4.69) is 5.32 Å². The molecule has 1 N–H and O–H groups in total. The lowest BCUT2D eigenvalue weighted by atomic mass is 10.2. The maximum atomic E-state index is 13.3. The molecule has 1 amide bonds. The summed E-state index contributed by atoms with van der Waals surface area (Å²) in [4.78, 5) is 12.7. The standard InChI is InChI=1S/C21H24Cl2N2O4S/c1-15-4-7-18(8-5-15)30(27,28)25(13-16-6-9-19(22)20(23)11-16)14-21(26)24-12-17-3-2-10-29-17/h4-9,11,17H,2-3,10,12-14H2,1H3,(H,24,26). The van der Waals surface area contributed by atoms with Crippen LogP contribution in [0.2, 0.25) is 10.0 Å².